The lowest BCUT2D eigenvalue weighted by molar-refractivity contribution is 0.302. The highest BCUT2D eigenvalue weighted by Gasteiger charge is 2.29. The van der Waals surface area contributed by atoms with Crippen molar-refractivity contribution in [2.24, 2.45) is 0 Å². The Labute approximate surface area is 113 Å². The number of rotatable bonds is 3. The molecule has 1 unspecified atom stereocenters. The molecular formula is C15H22BrN. The molecule has 0 aliphatic carbocycles. The van der Waals surface area contributed by atoms with E-state index >= 15 is 0 Å². The van der Waals surface area contributed by atoms with E-state index < -0.39 is 0 Å². The van der Waals surface area contributed by atoms with E-state index in [1.165, 1.54) is 48.7 Å². The van der Waals surface area contributed by atoms with Crippen LogP contribution < -0.4 is 5.32 Å². The van der Waals surface area contributed by atoms with E-state index in [1.807, 2.05) is 0 Å². The molecule has 1 aliphatic rings. The van der Waals surface area contributed by atoms with Crippen LogP contribution >= 0.6 is 15.9 Å². The summed E-state index contributed by atoms with van der Waals surface area (Å²) in [6.07, 6.45) is 7.75. The predicted octanol–water partition coefficient (Wildman–Crippen LogP) is 4.30. The first-order valence-corrected chi connectivity index (χ1v) is 7.53. The van der Waals surface area contributed by atoms with Crippen molar-refractivity contribution in [3.63, 3.8) is 0 Å². The molecule has 1 aromatic rings. The van der Waals surface area contributed by atoms with Gasteiger partial charge in [0, 0.05) is 10.0 Å². The Hall–Kier alpha value is -0.340. The normalized spacial score (nSPS) is 25.5. The minimum Gasteiger partial charge on any atom is -0.311 e. The zero-order valence-corrected chi connectivity index (χ0v) is 12.2. The van der Waals surface area contributed by atoms with Crippen LogP contribution in [-0.2, 0) is 6.42 Å². The average Bonchev–Trinajstić information content (AvgIpc) is 2.58. The van der Waals surface area contributed by atoms with E-state index in [2.05, 4.69) is 52.4 Å². The van der Waals surface area contributed by atoms with Gasteiger partial charge in [-0.05, 0) is 43.9 Å². The number of nitrogens with one attached hydrogen (secondary N) is 1. The molecule has 0 aromatic heterocycles. The SMILES string of the molecule is CCC1(Cc2ccccc2Br)CCCCCN1. The van der Waals surface area contributed by atoms with Gasteiger partial charge in [-0.15, -0.1) is 0 Å². The van der Waals surface area contributed by atoms with Crippen LogP contribution in [0.25, 0.3) is 0 Å². The molecule has 1 aromatic carbocycles. The van der Waals surface area contributed by atoms with Crippen LogP contribution in [0.2, 0.25) is 0 Å². The van der Waals surface area contributed by atoms with Crippen LogP contribution in [0.1, 0.15) is 44.6 Å². The maximum absolute atomic E-state index is 3.80. The molecule has 0 bridgehead atoms. The second kappa shape index (κ2) is 6.01. The predicted molar refractivity (Wildman–Crippen MR) is 77.3 cm³/mol. The Morgan fingerprint density at radius 3 is 2.82 bits per heavy atom. The van der Waals surface area contributed by atoms with Crippen molar-refractivity contribution < 1.29 is 0 Å². The average molecular weight is 296 g/mol. The van der Waals surface area contributed by atoms with Crippen molar-refractivity contribution in [1.29, 1.82) is 0 Å². The Morgan fingerprint density at radius 2 is 2.06 bits per heavy atom. The molecule has 1 aliphatic heterocycles. The topological polar surface area (TPSA) is 12.0 Å². The van der Waals surface area contributed by atoms with E-state index in [1.54, 1.807) is 0 Å². The maximum atomic E-state index is 3.80. The number of hydrogen-bond acceptors (Lipinski definition) is 1. The molecule has 17 heavy (non-hydrogen) atoms. The van der Waals surface area contributed by atoms with Crippen LogP contribution in [-0.4, -0.2) is 12.1 Å². The van der Waals surface area contributed by atoms with Crippen molar-refractivity contribution in [2.45, 2.75) is 51.0 Å². The molecule has 0 saturated carbocycles. The smallest absolute Gasteiger partial charge is 0.0219 e. The third-order valence-corrected chi connectivity index (χ3v) is 4.77. The summed E-state index contributed by atoms with van der Waals surface area (Å²) in [6.45, 7) is 3.49. The van der Waals surface area contributed by atoms with Gasteiger partial charge in [0.25, 0.3) is 0 Å². The summed E-state index contributed by atoms with van der Waals surface area (Å²) in [5.74, 6) is 0. The Bertz CT molecular complexity index is 354. The highest BCUT2D eigenvalue weighted by Crippen LogP contribution is 2.29. The number of halogens is 1. The van der Waals surface area contributed by atoms with Gasteiger partial charge in [-0.3, -0.25) is 0 Å². The van der Waals surface area contributed by atoms with Gasteiger partial charge in [-0.25, -0.2) is 0 Å². The zero-order chi connectivity index (χ0) is 12.1. The van der Waals surface area contributed by atoms with E-state index in [0.717, 1.165) is 6.42 Å². The third-order valence-electron chi connectivity index (χ3n) is 4.00. The number of benzene rings is 1. The summed E-state index contributed by atoms with van der Waals surface area (Å²) in [4.78, 5) is 0. The quantitative estimate of drug-likeness (QED) is 0.876. The van der Waals surface area contributed by atoms with E-state index in [9.17, 15) is 0 Å². The Morgan fingerprint density at radius 1 is 1.24 bits per heavy atom. The molecule has 1 atom stereocenters. The molecule has 1 heterocycles. The van der Waals surface area contributed by atoms with Gasteiger partial charge in [-0.1, -0.05) is 53.9 Å². The molecular weight excluding hydrogens is 274 g/mol. The first-order valence-electron chi connectivity index (χ1n) is 6.74. The first-order chi connectivity index (χ1) is 8.26. The van der Waals surface area contributed by atoms with Gasteiger partial charge in [0.05, 0.1) is 0 Å². The summed E-state index contributed by atoms with van der Waals surface area (Å²) in [7, 11) is 0. The van der Waals surface area contributed by atoms with Crippen molar-refractivity contribution >= 4 is 15.9 Å². The molecule has 1 N–H and O–H groups in total. The fourth-order valence-corrected chi connectivity index (χ4v) is 3.22. The van der Waals surface area contributed by atoms with Crippen molar-refractivity contribution in [3.8, 4) is 0 Å². The molecule has 2 heteroatoms. The Balaban J connectivity index is 2.15. The summed E-state index contributed by atoms with van der Waals surface area (Å²) < 4.78 is 1.25. The minimum atomic E-state index is 0.320. The second-order valence-corrected chi connectivity index (χ2v) is 5.99. The fraction of sp³-hybridized carbons (Fsp3) is 0.600. The summed E-state index contributed by atoms with van der Waals surface area (Å²) >= 11 is 3.67. The molecule has 1 nitrogen and oxygen atoms in total. The fourth-order valence-electron chi connectivity index (χ4n) is 2.79. The second-order valence-electron chi connectivity index (χ2n) is 5.14. The molecule has 0 radical (unpaired) electrons. The van der Waals surface area contributed by atoms with E-state index in [0.29, 0.717) is 5.54 Å². The molecule has 94 valence electrons. The molecule has 1 saturated heterocycles. The summed E-state index contributed by atoms with van der Waals surface area (Å²) in [5, 5.41) is 3.80. The Kier molecular flexibility index (Phi) is 4.63. The molecule has 1 fully saturated rings. The van der Waals surface area contributed by atoms with Crippen LogP contribution in [0.5, 0.6) is 0 Å². The summed E-state index contributed by atoms with van der Waals surface area (Å²) in [5.41, 5.74) is 1.75. The van der Waals surface area contributed by atoms with Crippen LogP contribution in [0.15, 0.2) is 28.7 Å². The van der Waals surface area contributed by atoms with E-state index in [4.69, 9.17) is 0 Å². The standard InChI is InChI=1S/C15H22BrN/c1-2-15(10-6-3-7-11-17-15)12-13-8-4-5-9-14(13)16/h4-5,8-9,17H,2-3,6-7,10-12H2,1H3. The lowest BCUT2D eigenvalue weighted by atomic mass is 9.84. The lowest BCUT2D eigenvalue weighted by Crippen LogP contribution is -2.46. The van der Waals surface area contributed by atoms with Crippen LogP contribution in [0.3, 0.4) is 0 Å². The van der Waals surface area contributed by atoms with Gasteiger partial charge in [0.1, 0.15) is 0 Å². The minimum absolute atomic E-state index is 0.320. The van der Waals surface area contributed by atoms with Gasteiger partial charge in [0.2, 0.25) is 0 Å². The van der Waals surface area contributed by atoms with Gasteiger partial charge < -0.3 is 5.32 Å². The molecule has 0 spiro atoms. The first kappa shape index (κ1) is 13.1. The molecule has 0 amide bonds. The highest BCUT2D eigenvalue weighted by atomic mass is 79.9. The maximum Gasteiger partial charge on any atom is 0.0219 e. The van der Waals surface area contributed by atoms with Crippen molar-refractivity contribution in [3.05, 3.63) is 34.3 Å². The van der Waals surface area contributed by atoms with Crippen molar-refractivity contribution in [1.82, 2.24) is 5.32 Å². The van der Waals surface area contributed by atoms with Gasteiger partial charge in [0.15, 0.2) is 0 Å². The van der Waals surface area contributed by atoms with Gasteiger partial charge in [-0.2, -0.15) is 0 Å². The van der Waals surface area contributed by atoms with Crippen molar-refractivity contribution in [2.75, 3.05) is 6.54 Å². The van der Waals surface area contributed by atoms with Crippen LogP contribution in [0, 0.1) is 0 Å². The zero-order valence-electron chi connectivity index (χ0n) is 10.6. The largest absolute Gasteiger partial charge is 0.311 e. The monoisotopic (exact) mass is 295 g/mol. The summed E-state index contributed by atoms with van der Waals surface area (Å²) in [6, 6.07) is 8.62. The lowest BCUT2D eigenvalue weighted by Gasteiger charge is -2.33. The molecule has 2 rings (SSSR count). The highest BCUT2D eigenvalue weighted by molar-refractivity contribution is 9.10. The van der Waals surface area contributed by atoms with E-state index in [-0.39, 0.29) is 0 Å². The number of hydrogen-bond donors (Lipinski definition) is 1. The van der Waals surface area contributed by atoms with Crippen LogP contribution in [0.4, 0.5) is 0 Å². The van der Waals surface area contributed by atoms with Gasteiger partial charge >= 0.3 is 0 Å². The third kappa shape index (κ3) is 3.32.